The zero-order valence-electron chi connectivity index (χ0n) is 20.8. The number of carbonyl (C=O) groups excluding carboxylic acids is 2. The first-order valence-electron chi connectivity index (χ1n) is 12.9. The number of hydrogen-bond donors (Lipinski definition) is 0. The van der Waals surface area contributed by atoms with E-state index < -0.39 is 0 Å². The lowest BCUT2D eigenvalue weighted by Crippen LogP contribution is -2.46. The molecule has 2 aliphatic heterocycles. The largest absolute Gasteiger partial charge is 0.353 e. The maximum atomic E-state index is 13.0. The summed E-state index contributed by atoms with van der Waals surface area (Å²) in [6, 6.07) is 28.1. The highest BCUT2D eigenvalue weighted by Gasteiger charge is 2.35. The van der Waals surface area contributed by atoms with Gasteiger partial charge < -0.3 is 4.90 Å². The van der Waals surface area contributed by atoms with Crippen LogP contribution in [0.2, 0.25) is 0 Å². The lowest BCUT2D eigenvalue weighted by atomic mass is 9.98. The Bertz CT molecular complexity index is 1660. The summed E-state index contributed by atoms with van der Waals surface area (Å²) in [7, 11) is 0. The van der Waals surface area contributed by atoms with E-state index in [0.717, 1.165) is 54.9 Å². The van der Waals surface area contributed by atoms with Gasteiger partial charge in [0.05, 0.1) is 22.4 Å². The van der Waals surface area contributed by atoms with Gasteiger partial charge in [-0.15, -0.1) is 0 Å². The van der Waals surface area contributed by atoms with Crippen molar-refractivity contribution in [2.75, 3.05) is 31.1 Å². The summed E-state index contributed by atoms with van der Waals surface area (Å²) in [4.78, 5) is 32.4. The third-order valence-corrected chi connectivity index (χ3v) is 8.53. The minimum absolute atomic E-state index is 0.217. The number of anilines is 1. The molecule has 0 N–H and O–H groups in total. The summed E-state index contributed by atoms with van der Waals surface area (Å²) in [6.45, 7) is 4.85. The Morgan fingerprint density at radius 2 is 1.32 bits per heavy atom. The summed E-state index contributed by atoms with van der Waals surface area (Å²) in [6.07, 6.45) is 0. The topological polar surface area (TPSA) is 56.8 Å². The van der Waals surface area contributed by atoms with Gasteiger partial charge in [0, 0.05) is 38.1 Å². The van der Waals surface area contributed by atoms with E-state index in [1.807, 2.05) is 12.1 Å². The van der Waals surface area contributed by atoms with Crippen LogP contribution in [0.4, 0.5) is 5.82 Å². The first-order chi connectivity index (χ1) is 18.7. The van der Waals surface area contributed by atoms with Crippen molar-refractivity contribution in [1.82, 2.24) is 14.2 Å². The average molecular weight is 519 g/mol. The normalized spacial score (nSPS) is 16.1. The molecular weight excluding hydrogens is 492 g/mol. The van der Waals surface area contributed by atoms with Crippen LogP contribution in [0.5, 0.6) is 0 Å². The number of benzene rings is 4. The van der Waals surface area contributed by atoms with Gasteiger partial charge in [-0.25, -0.2) is 0 Å². The monoisotopic (exact) mass is 518 g/mol. The van der Waals surface area contributed by atoms with Gasteiger partial charge in [0.25, 0.3) is 11.8 Å². The van der Waals surface area contributed by atoms with E-state index in [1.54, 1.807) is 35.8 Å². The van der Waals surface area contributed by atoms with Crippen molar-refractivity contribution in [2.45, 2.75) is 13.1 Å². The van der Waals surface area contributed by atoms with Gasteiger partial charge in [0.1, 0.15) is 5.82 Å². The molecule has 0 saturated carbocycles. The Balaban J connectivity index is 1.12. The smallest absolute Gasteiger partial charge is 0.261 e. The zero-order valence-corrected chi connectivity index (χ0v) is 21.7. The molecule has 3 heterocycles. The van der Waals surface area contributed by atoms with Gasteiger partial charge in [-0.05, 0) is 57.7 Å². The fourth-order valence-corrected chi connectivity index (χ4v) is 6.57. The van der Waals surface area contributed by atoms with Crippen LogP contribution in [-0.4, -0.2) is 52.2 Å². The van der Waals surface area contributed by atoms with Crippen molar-refractivity contribution in [1.29, 1.82) is 0 Å². The van der Waals surface area contributed by atoms with Crippen LogP contribution >= 0.6 is 11.5 Å². The van der Waals surface area contributed by atoms with Crippen molar-refractivity contribution in [3.63, 3.8) is 0 Å². The fraction of sp³-hybridized carbons (Fsp3) is 0.194. The number of rotatable bonds is 5. The number of piperazine rings is 1. The van der Waals surface area contributed by atoms with E-state index in [9.17, 15) is 9.59 Å². The summed E-state index contributed by atoms with van der Waals surface area (Å²) in [5.41, 5.74) is 3.20. The molecule has 6 nitrogen and oxygen atoms in total. The van der Waals surface area contributed by atoms with Crippen LogP contribution in [0.1, 0.15) is 31.8 Å². The number of imide groups is 1. The Morgan fingerprint density at radius 3 is 2.03 bits per heavy atom. The quantitative estimate of drug-likeness (QED) is 0.285. The van der Waals surface area contributed by atoms with Crippen molar-refractivity contribution in [3.8, 4) is 0 Å². The Kier molecular flexibility index (Phi) is 5.68. The van der Waals surface area contributed by atoms with Gasteiger partial charge in [-0.1, -0.05) is 60.7 Å². The first-order valence-corrected chi connectivity index (χ1v) is 13.7. The molecular formula is C31H26N4O2S. The molecule has 7 rings (SSSR count). The lowest BCUT2D eigenvalue weighted by molar-refractivity contribution is 0.0643. The molecule has 0 unspecified atom stereocenters. The number of nitrogens with zero attached hydrogens (tertiary/aromatic N) is 4. The lowest BCUT2D eigenvalue weighted by Gasteiger charge is -2.35. The minimum Gasteiger partial charge on any atom is -0.353 e. The van der Waals surface area contributed by atoms with Crippen molar-refractivity contribution < 1.29 is 9.59 Å². The maximum absolute atomic E-state index is 13.0. The molecule has 188 valence electrons. The van der Waals surface area contributed by atoms with E-state index in [1.165, 1.54) is 20.5 Å². The molecule has 0 spiro atoms. The molecule has 2 amide bonds. The summed E-state index contributed by atoms with van der Waals surface area (Å²) in [5, 5.41) is 3.50. The van der Waals surface area contributed by atoms with Gasteiger partial charge in [0.2, 0.25) is 0 Å². The summed E-state index contributed by atoms with van der Waals surface area (Å²) in [5.74, 6) is 0.662. The van der Waals surface area contributed by atoms with Crippen LogP contribution in [0.15, 0.2) is 84.9 Å². The van der Waals surface area contributed by atoms with Crippen LogP contribution in [-0.2, 0) is 13.1 Å². The third-order valence-electron chi connectivity index (χ3n) is 7.71. The average Bonchev–Trinajstić information content (AvgIpc) is 3.49. The number of amides is 2. The molecule has 0 radical (unpaired) electrons. The van der Waals surface area contributed by atoms with Crippen LogP contribution in [0, 0.1) is 0 Å². The predicted molar refractivity (Wildman–Crippen MR) is 152 cm³/mol. The summed E-state index contributed by atoms with van der Waals surface area (Å²) >= 11 is 1.57. The Morgan fingerprint density at radius 1 is 0.684 bits per heavy atom. The summed E-state index contributed by atoms with van der Waals surface area (Å²) < 4.78 is 5.97. The van der Waals surface area contributed by atoms with E-state index in [4.69, 9.17) is 4.37 Å². The minimum atomic E-state index is -0.217. The first kappa shape index (κ1) is 23.1. The van der Waals surface area contributed by atoms with Gasteiger partial charge in [-0.2, -0.15) is 4.37 Å². The van der Waals surface area contributed by atoms with Crippen LogP contribution < -0.4 is 4.90 Å². The molecule has 0 bridgehead atoms. The second-order valence-electron chi connectivity index (χ2n) is 9.94. The number of aromatic nitrogens is 1. The SMILES string of the molecule is O=C1c2ccccc2C(=O)N1Cc1cccc2cccc(CN3CCN(c4nsc5ccccc45)CC3)c12. The molecule has 4 aromatic carbocycles. The second kappa shape index (κ2) is 9.35. The van der Waals surface area contributed by atoms with Crippen LogP contribution in [0.25, 0.3) is 20.9 Å². The maximum Gasteiger partial charge on any atom is 0.261 e. The Labute approximate surface area is 224 Å². The molecule has 2 aliphatic rings. The molecule has 0 aliphatic carbocycles. The molecule has 1 saturated heterocycles. The van der Waals surface area contributed by atoms with Crippen molar-refractivity contribution in [3.05, 3.63) is 107 Å². The van der Waals surface area contributed by atoms with Crippen molar-refractivity contribution in [2.24, 2.45) is 0 Å². The third kappa shape index (κ3) is 3.86. The molecule has 1 fully saturated rings. The number of fused-ring (bicyclic) bond motifs is 3. The van der Waals surface area contributed by atoms with E-state index in [2.05, 4.69) is 58.3 Å². The van der Waals surface area contributed by atoms with Gasteiger partial charge >= 0.3 is 0 Å². The highest BCUT2D eigenvalue weighted by Crippen LogP contribution is 2.32. The molecule has 5 aromatic rings. The van der Waals surface area contributed by atoms with E-state index in [0.29, 0.717) is 11.1 Å². The predicted octanol–water partition coefficient (Wildman–Crippen LogP) is 5.57. The second-order valence-corrected chi connectivity index (χ2v) is 10.7. The van der Waals surface area contributed by atoms with Gasteiger partial charge in [0.15, 0.2) is 0 Å². The highest BCUT2D eigenvalue weighted by atomic mass is 32.1. The van der Waals surface area contributed by atoms with E-state index in [-0.39, 0.29) is 18.4 Å². The van der Waals surface area contributed by atoms with Gasteiger partial charge in [-0.3, -0.25) is 19.4 Å². The molecule has 1 aromatic heterocycles. The standard InChI is InChI=1S/C31H26N4O2S/c36-30-24-11-1-2-12-25(24)31(37)35(30)20-23-10-6-8-21-7-5-9-22(28(21)23)19-33-15-17-34(18-16-33)29-26-13-3-4-14-27(26)38-32-29/h1-14H,15-20H2. The molecule has 7 heteroatoms. The molecule has 0 atom stereocenters. The van der Waals surface area contributed by atoms with E-state index >= 15 is 0 Å². The number of hydrogen-bond acceptors (Lipinski definition) is 6. The highest BCUT2D eigenvalue weighted by molar-refractivity contribution is 7.13. The molecule has 38 heavy (non-hydrogen) atoms. The zero-order chi connectivity index (χ0) is 25.6. The van der Waals surface area contributed by atoms with Crippen molar-refractivity contribution >= 4 is 50.0 Å². The number of carbonyl (C=O) groups is 2. The van der Waals surface area contributed by atoms with Crippen LogP contribution in [0.3, 0.4) is 0 Å². The fourth-order valence-electron chi connectivity index (χ4n) is 5.78. The Hall–Kier alpha value is -4.07.